The Hall–Kier alpha value is -4.10. The second kappa shape index (κ2) is 11.1. The number of nitrogens with one attached hydrogen (secondary N) is 1. The summed E-state index contributed by atoms with van der Waals surface area (Å²) in [7, 11) is 1.61. The Morgan fingerprint density at radius 1 is 1.03 bits per heavy atom. The smallest absolute Gasteiger partial charge is 0.254 e. The van der Waals surface area contributed by atoms with Gasteiger partial charge in [0, 0.05) is 34.6 Å². The number of imidazole rings is 1. The molecule has 0 saturated carbocycles. The summed E-state index contributed by atoms with van der Waals surface area (Å²) < 4.78 is 7.06. The number of carbonyl (C=O) groups excluding carboxylic acids is 2. The van der Waals surface area contributed by atoms with Gasteiger partial charge in [-0.25, -0.2) is 4.98 Å². The number of amides is 2. The first-order valence-electron chi connectivity index (χ1n) is 11.5. The fraction of sp³-hybridized carbons (Fsp3) is 0.179. The number of nitrogens with zero attached hydrogens (tertiary/aromatic N) is 3. The van der Waals surface area contributed by atoms with Crippen molar-refractivity contribution in [2.45, 2.75) is 13.8 Å². The predicted octanol–water partition coefficient (Wildman–Crippen LogP) is 5.61. The van der Waals surface area contributed by atoms with Gasteiger partial charge in [-0.3, -0.25) is 19.5 Å². The predicted molar refractivity (Wildman–Crippen MR) is 142 cm³/mol. The molecular weight excluding hydrogens is 476 g/mol. The maximum atomic E-state index is 13.1. The lowest BCUT2D eigenvalue weighted by Gasteiger charge is -2.21. The fourth-order valence-electron chi connectivity index (χ4n) is 3.82. The van der Waals surface area contributed by atoms with Crippen LogP contribution in [0.15, 0.2) is 79.0 Å². The Labute approximate surface area is 215 Å². The third-order valence-electron chi connectivity index (χ3n) is 5.83. The minimum atomic E-state index is -0.346. The second-order valence-electron chi connectivity index (χ2n) is 8.21. The summed E-state index contributed by atoms with van der Waals surface area (Å²) in [6, 6.07) is 22.1. The lowest BCUT2D eigenvalue weighted by atomic mass is 10.1. The van der Waals surface area contributed by atoms with E-state index in [1.807, 2.05) is 74.6 Å². The molecule has 4 rings (SSSR count). The molecule has 3 aromatic carbocycles. The van der Waals surface area contributed by atoms with Gasteiger partial charge in [0.1, 0.15) is 12.3 Å². The first-order valence-corrected chi connectivity index (χ1v) is 11.9. The summed E-state index contributed by atoms with van der Waals surface area (Å²) in [5.74, 6) is 0.526. The number of halogens is 1. The van der Waals surface area contributed by atoms with E-state index in [2.05, 4.69) is 10.3 Å². The summed E-state index contributed by atoms with van der Waals surface area (Å²) >= 11 is 6.04. The molecule has 1 heterocycles. The van der Waals surface area contributed by atoms with Crippen LogP contribution in [-0.4, -0.2) is 46.5 Å². The molecule has 0 fully saturated rings. The molecule has 0 radical (unpaired) electrons. The van der Waals surface area contributed by atoms with E-state index in [1.165, 1.54) is 4.90 Å². The number of likely N-dealkylation sites (N-methyl/N-ethyl adjacent to an activating group) is 1. The van der Waals surface area contributed by atoms with E-state index in [-0.39, 0.29) is 18.4 Å². The number of hydrogen-bond acceptors (Lipinski definition) is 4. The maximum absolute atomic E-state index is 13.1. The molecule has 0 aliphatic heterocycles. The quantitative estimate of drug-likeness (QED) is 0.340. The van der Waals surface area contributed by atoms with Crippen LogP contribution in [0.5, 0.6) is 5.75 Å². The summed E-state index contributed by atoms with van der Waals surface area (Å²) in [4.78, 5) is 32.3. The Kier molecular flexibility index (Phi) is 7.71. The van der Waals surface area contributed by atoms with Gasteiger partial charge in [-0.05, 0) is 61.9 Å². The van der Waals surface area contributed by atoms with Crippen molar-refractivity contribution in [1.82, 2.24) is 14.5 Å². The molecule has 184 valence electrons. The first-order chi connectivity index (χ1) is 17.4. The van der Waals surface area contributed by atoms with Crippen molar-refractivity contribution >= 4 is 29.4 Å². The van der Waals surface area contributed by atoms with Crippen LogP contribution < -0.4 is 10.1 Å². The second-order valence-corrected chi connectivity index (χ2v) is 8.64. The monoisotopic (exact) mass is 502 g/mol. The standard InChI is InChI=1S/C28H27ClN4O3/c1-4-32(27(35)24-8-6-5-7-19(24)2)18-26(34)31-28-30-25(20-9-11-21(29)12-10-20)17-33(28)22-13-15-23(36-3)16-14-22/h5-17H,4,18H2,1-3H3,(H,30,31,34). The van der Waals surface area contributed by atoms with Gasteiger partial charge in [0.25, 0.3) is 5.91 Å². The van der Waals surface area contributed by atoms with Crippen molar-refractivity contribution in [1.29, 1.82) is 0 Å². The van der Waals surface area contributed by atoms with E-state index in [1.54, 1.807) is 29.9 Å². The highest BCUT2D eigenvalue weighted by Crippen LogP contribution is 2.26. The Bertz CT molecular complexity index is 1360. The fourth-order valence-corrected chi connectivity index (χ4v) is 3.94. The number of aromatic nitrogens is 2. The number of benzene rings is 3. The zero-order valence-corrected chi connectivity index (χ0v) is 21.1. The van der Waals surface area contributed by atoms with E-state index in [0.29, 0.717) is 28.8 Å². The molecule has 1 N–H and O–H groups in total. The number of rotatable bonds is 8. The van der Waals surface area contributed by atoms with E-state index in [4.69, 9.17) is 16.3 Å². The molecule has 1 aromatic heterocycles. The lowest BCUT2D eigenvalue weighted by Crippen LogP contribution is -2.38. The largest absolute Gasteiger partial charge is 0.497 e. The number of methoxy groups -OCH3 is 1. The van der Waals surface area contributed by atoms with Crippen LogP contribution >= 0.6 is 11.6 Å². The molecule has 0 bridgehead atoms. The summed E-state index contributed by atoms with van der Waals surface area (Å²) in [6.45, 7) is 4.02. The van der Waals surface area contributed by atoms with Crippen LogP contribution in [0.3, 0.4) is 0 Å². The minimum absolute atomic E-state index is 0.102. The van der Waals surface area contributed by atoms with E-state index >= 15 is 0 Å². The lowest BCUT2D eigenvalue weighted by molar-refractivity contribution is -0.116. The van der Waals surface area contributed by atoms with Crippen LogP contribution in [0.25, 0.3) is 16.9 Å². The van der Waals surface area contributed by atoms with Gasteiger partial charge in [-0.15, -0.1) is 0 Å². The van der Waals surface area contributed by atoms with Gasteiger partial charge in [0.05, 0.1) is 12.8 Å². The normalized spacial score (nSPS) is 10.7. The number of aryl methyl sites for hydroxylation is 1. The number of anilines is 1. The van der Waals surface area contributed by atoms with Crippen LogP contribution in [0.4, 0.5) is 5.95 Å². The first kappa shape index (κ1) is 25.0. The maximum Gasteiger partial charge on any atom is 0.254 e. The highest BCUT2D eigenvalue weighted by atomic mass is 35.5. The molecule has 7 nitrogen and oxygen atoms in total. The zero-order chi connectivity index (χ0) is 25.7. The van der Waals surface area contributed by atoms with Crippen LogP contribution in [-0.2, 0) is 4.79 Å². The van der Waals surface area contributed by atoms with E-state index < -0.39 is 0 Å². The van der Waals surface area contributed by atoms with E-state index in [9.17, 15) is 9.59 Å². The summed E-state index contributed by atoms with van der Waals surface area (Å²) in [6.07, 6.45) is 1.84. The van der Waals surface area contributed by atoms with Crippen molar-refractivity contribution in [3.05, 3.63) is 95.1 Å². The summed E-state index contributed by atoms with van der Waals surface area (Å²) in [5.41, 5.74) is 3.76. The Balaban J connectivity index is 1.61. The van der Waals surface area contributed by atoms with Crippen LogP contribution in [0.2, 0.25) is 5.02 Å². The highest BCUT2D eigenvalue weighted by Gasteiger charge is 2.21. The number of hydrogen-bond donors (Lipinski definition) is 1. The molecule has 0 spiro atoms. The molecule has 8 heteroatoms. The van der Waals surface area contributed by atoms with Crippen molar-refractivity contribution in [3.63, 3.8) is 0 Å². The van der Waals surface area contributed by atoms with E-state index in [0.717, 1.165) is 22.6 Å². The third kappa shape index (κ3) is 5.58. The average molecular weight is 503 g/mol. The molecule has 36 heavy (non-hydrogen) atoms. The SMILES string of the molecule is CCN(CC(=O)Nc1nc(-c2ccc(Cl)cc2)cn1-c1ccc(OC)cc1)C(=O)c1ccccc1C. The Morgan fingerprint density at radius 3 is 2.36 bits per heavy atom. The number of ether oxygens (including phenoxy) is 1. The number of carbonyl (C=O) groups is 2. The van der Waals surface area contributed by atoms with Crippen molar-refractivity contribution in [2.24, 2.45) is 0 Å². The summed E-state index contributed by atoms with van der Waals surface area (Å²) in [5, 5.41) is 3.51. The van der Waals surface area contributed by atoms with Crippen molar-refractivity contribution < 1.29 is 14.3 Å². The van der Waals surface area contributed by atoms with Gasteiger partial charge in [-0.2, -0.15) is 0 Å². The molecule has 0 atom stereocenters. The molecular formula is C28H27ClN4O3. The zero-order valence-electron chi connectivity index (χ0n) is 20.4. The molecule has 0 saturated heterocycles. The van der Waals surface area contributed by atoms with Crippen LogP contribution in [0.1, 0.15) is 22.8 Å². The molecule has 4 aromatic rings. The molecule has 0 aliphatic rings. The van der Waals surface area contributed by atoms with Crippen LogP contribution in [0, 0.1) is 6.92 Å². The molecule has 0 unspecified atom stereocenters. The van der Waals surface area contributed by atoms with Gasteiger partial charge in [0.2, 0.25) is 11.9 Å². The third-order valence-corrected chi connectivity index (χ3v) is 6.08. The van der Waals surface area contributed by atoms with Gasteiger partial charge in [0.15, 0.2) is 0 Å². The highest BCUT2D eigenvalue weighted by molar-refractivity contribution is 6.30. The molecule has 2 amide bonds. The molecule has 0 aliphatic carbocycles. The topological polar surface area (TPSA) is 76.5 Å². The van der Waals surface area contributed by atoms with Crippen molar-refractivity contribution in [2.75, 3.05) is 25.5 Å². The van der Waals surface area contributed by atoms with Gasteiger partial charge >= 0.3 is 0 Å². The Morgan fingerprint density at radius 2 is 1.72 bits per heavy atom. The minimum Gasteiger partial charge on any atom is -0.497 e. The average Bonchev–Trinajstić information content (AvgIpc) is 3.31. The van der Waals surface area contributed by atoms with Gasteiger partial charge in [-0.1, -0.05) is 41.9 Å². The van der Waals surface area contributed by atoms with Crippen molar-refractivity contribution in [3.8, 4) is 22.7 Å². The van der Waals surface area contributed by atoms with Gasteiger partial charge < -0.3 is 9.64 Å².